The maximum atomic E-state index is 12.4. The summed E-state index contributed by atoms with van der Waals surface area (Å²) in [6.45, 7) is 6.69. The van der Waals surface area contributed by atoms with Crippen molar-refractivity contribution in [3.05, 3.63) is 28.8 Å². The first-order valence-corrected chi connectivity index (χ1v) is 8.55. The van der Waals surface area contributed by atoms with Crippen molar-refractivity contribution >= 4 is 11.6 Å². The Hall–Kier alpha value is -1.35. The Balaban J connectivity index is 1.95. The molecule has 0 heterocycles. The number of anilines is 1. The average Bonchev–Trinajstić information content (AvgIpc) is 2.71. The Labute approximate surface area is 135 Å². The maximum absolute atomic E-state index is 12.4. The number of nitrogens with zero attached hydrogens (tertiary/aromatic N) is 1. The Morgan fingerprint density at radius 1 is 1.09 bits per heavy atom. The van der Waals surface area contributed by atoms with Crippen LogP contribution in [0.1, 0.15) is 55.2 Å². The predicted molar refractivity (Wildman–Crippen MR) is 93.4 cm³/mol. The van der Waals surface area contributed by atoms with Gasteiger partial charge in [-0.15, -0.1) is 0 Å². The molecule has 122 valence electrons. The van der Waals surface area contributed by atoms with Crippen molar-refractivity contribution in [3.63, 3.8) is 0 Å². The summed E-state index contributed by atoms with van der Waals surface area (Å²) in [7, 11) is 2.09. The fraction of sp³-hybridized carbons (Fsp3) is 0.632. The lowest BCUT2D eigenvalue weighted by molar-refractivity contribution is -0.117. The zero-order chi connectivity index (χ0) is 16.1. The molecule has 0 atom stereocenters. The summed E-state index contributed by atoms with van der Waals surface area (Å²) in [6.07, 6.45) is 7.74. The molecular weight excluding hydrogens is 272 g/mol. The van der Waals surface area contributed by atoms with E-state index in [0.717, 1.165) is 16.8 Å². The average molecular weight is 302 g/mol. The fourth-order valence-electron chi connectivity index (χ4n) is 3.61. The Kier molecular flexibility index (Phi) is 6.01. The van der Waals surface area contributed by atoms with E-state index in [1.807, 2.05) is 0 Å². The molecule has 1 amide bonds. The third-order valence-corrected chi connectivity index (χ3v) is 4.78. The zero-order valence-electron chi connectivity index (χ0n) is 14.5. The Bertz CT molecular complexity index is 493. The van der Waals surface area contributed by atoms with Crippen LogP contribution in [0.3, 0.4) is 0 Å². The quantitative estimate of drug-likeness (QED) is 0.845. The first kappa shape index (κ1) is 17.0. The second-order valence-corrected chi connectivity index (χ2v) is 6.88. The van der Waals surface area contributed by atoms with Crippen molar-refractivity contribution in [3.8, 4) is 0 Å². The predicted octanol–water partition coefficient (Wildman–Crippen LogP) is 4.20. The second-order valence-electron chi connectivity index (χ2n) is 6.88. The van der Waals surface area contributed by atoms with Gasteiger partial charge in [-0.05, 0) is 51.8 Å². The van der Waals surface area contributed by atoms with E-state index in [1.54, 1.807) is 0 Å². The van der Waals surface area contributed by atoms with Gasteiger partial charge in [0.05, 0.1) is 6.54 Å². The number of rotatable bonds is 4. The topological polar surface area (TPSA) is 32.3 Å². The SMILES string of the molecule is Cc1cc(C)c(NC(=O)CN(C)C2CCCCCC2)c(C)c1. The minimum absolute atomic E-state index is 0.0989. The van der Waals surface area contributed by atoms with E-state index in [1.165, 1.54) is 44.1 Å². The van der Waals surface area contributed by atoms with E-state index in [-0.39, 0.29) is 5.91 Å². The molecule has 0 aliphatic heterocycles. The molecule has 0 bridgehead atoms. The van der Waals surface area contributed by atoms with Crippen LogP contribution in [0.4, 0.5) is 5.69 Å². The number of aryl methyl sites for hydroxylation is 3. The normalized spacial score (nSPS) is 16.6. The van der Waals surface area contributed by atoms with Crippen molar-refractivity contribution in [1.29, 1.82) is 0 Å². The van der Waals surface area contributed by atoms with Gasteiger partial charge in [0, 0.05) is 11.7 Å². The van der Waals surface area contributed by atoms with Crippen molar-refractivity contribution in [1.82, 2.24) is 4.90 Å². The van der Waals surface area contributed by atoms with E-state index in [2.05, 4.69) is 50.2 Å². The summed E-state index contributed by atoms with van der Waals surface area (Å²) in [6, 6.07) is 4.81. The highest BCUT2D eigenvalue weighted by Gasteiger charge is 2.19. The number of hydrogen-bond donors (Lipinski definition) is 1. The van der Waals surface area contributed by atoms with Gasteiger partial charge in [0.2, 0.25) is 5.91 Å². The zero-order valence-corrected chi connectivity index (χ0v) is 14.5. The van der Waals surface area contributed by atoms with Crippen LogP contribution in [-0.2, 0) is 4.79 Å². The van der Waals surface area contributed by atoms with E-state index < -0.39 is 0 Å². The molecular formula is C19H30N2O. The van der Waals surface area contributed by atoms with Gasteiger partial charge >= 0.3 is 0 Å². The highest BCUT2D eigenvalue weighted by molar-refractivity contribution is 5.93. The molecule has 0 unspecified atom stereocenters. The molecule has 1 aliphatic carbocycles. The van der Waals surface area contributed by atoms with Crippen molar-refractivity contribution in [2.45, 2.75) is 65.3 Å². The summed E-state index contributed by atoms with van der Waals surface area (Å²) < 4.78 is 0. The smallest absolute Gasteiger partial charge is 0.238 e. The number of hydrogen-bond acceptors (Lipinski definition) is 2. The van der Waals surface area contributed by atoms with Gasteiger partial charge < -0.3 is 5.32 Å². The minimum atomic E-state index is 0.0989. The lowest BCUT2D eigenvalue weighted by atomic mass is 10.0. The second kappa shape index (κ2) is 7.77. The van der Waals surface area contributed by atoms with Gasteiger partial charge in [-0.1, -0.05) is 43.4 Å². The van der Waals surface area contributed by atoms with Crippen LogP contribution in [0, 0.1) is 20.8 Å². The summed E-state index contributed by atoms with van der Waals surface area (Å²) in [5.41, 5.74) is 4.50. The third kappa shape index (κ3) is 4.57. The van der Waals surface area contributed by atoms with Crippen LogP contribution in [0.25, 0.3) is 0 Å². The fourth-order valence-corrected chi connectivity index (χ4v) is 3.61. The summed E-state index contributed by atoms with van der Waals surface area (Å²) in [4.78, 5) is 14.6. The van der Waals surface area contributed by atoms with Crippen LogP contribution in [0.5, 0.6) is 0 Å². The van der Waals surface area contributed by atoms with Crippen LogP contribution >= 0.6 is 0 Å². The first-order chi connectivity index (χ1) is 10.5. The molecule has 0 spiro atoms. The number of likely N-dealkylation sites (N-methyl/N-ethyl adjacent to an activating group) is 1. The van der Waals surface area contributed by atoms with Crippen molar-refractivity contribution in [2.24, 2.45) is 0 Å². The van der Waals surface area contributed by atoms with Gasteiger partial charge in [-0.25, -0.2) is 0 Å². The Morgan fingerprint density at radius 3 is 2.18 bits per heavy atom. The number of nitrogens with one attached hydrogen (secondary N) is 1. The monoisotopic (exact) mass is 302 g/mol. The van der Waals surface area contributed by atoms with Gasteiger partial charge in [0.15, 0.2) is 0 Å². The lowest BCUT2D eigenvalue weighted by Crippen LogP contribution is -2.38. The summed E-state index contributed by atoms with van der Waals surface area (Å²) >= 11 is 0. The molecule has 22 heavy (non-hydrogen) atoms. The van der Waals surface area contributed by atoms with Crippen LogP contribution in [0.2, 0.25) is 0 Å². The van der Waals surface area contributed by atoms with E-state index in [4.69, 9.17) is 0 Å². The van der Waals surface area contributed by atoms with Gasteiger partial charge in [0.1, 0.15) is 0 Å². The minimum Gasteiger partial charge on any atom is -0.324 e. The molecule has 1 aromatic rings. The molecule has 1 N–H and O–H groups in total. The van der Waals surface area contributed by atoms with Gasteiger partial charge in [-0.3, -0.25) is 9.69 Å². The largest absolute Gasteiger partial charge is 0.324 e. The summed E-state index contributed by atoms with van der Waals surface area (Å²) in [5, 5.41) is 3.11. The number of carbonyl (C=O) groups is 1. The highest BCUT2D eigenvalue weighted by atomic mass is 16.2. The van der Waals surface area contributed by atoms with Crippen LogP contribution in [0.15, 0.2) is 12.1 Å². The number of carbonyl (C=O) groups excluding carboxylic acids is 1. The molecule has 1 fully saturated rings. The Morgan fingerprint density at radius 2 is 1.64 bits per heavy atom. The molecule has 0 aromatic heterocycles. The molecule has 1 aromatic carbocycles. The molecule has 1 saturated carbocycles. The third-order valence-electron chi connectivity index (χ3n) is 4.78. The van der Waals surface area contributed by atoms with Gasteiger partial charge in [0.25, 0.3) is 0 Å². The lowest BCUT2D eigenvalue weighted by Gasteiger charge is -2.26. The maximum Gasteiger partial charge on any atom is 0.238 e. The first-order valence-electron chi connectivity index (χ1n) is 8.55. The highest BCUT2D eigenvalue weighted by Crippen LogP contribution is 2.23. The van der Waals surface area contributed by atoms with Crippen molar-refractivity contribution in [2.75, 3.05) is 18.9 Å². The van der Waals surface area contributed by atoms with Gasteiger partial charge in [-0.2, -0.15) is 0 Å². The molecule has 1 aliphatic rings. The number of benzene rings is 1. The summed E-state index contributed by atoms with van der Waals surface area (Å²) in [5.74, 6) is 0.0989. The molecule has 0 radical (unpaired) electrons. The number of amides is 1. The van der Waals surface area contributed by atoms with Crippen LogP contribution < -0.4 is 5.32 Å². The van der Waals surface area contributed by atoms with Crippen LogP contribution in [-0.4, -0.2) is 30.4 Å². The van der Waals surface area contributed by atoms with E-state index >= 15 is 0 Å². The van der Waals surface area contributed by atoms with E-state index in [9.17, 15) is 4.79 Å². The van der Waals surface area contributed by atoms with E-state index in [0.29, 0.717) is 12.6 Å². The van der Waals surface area contributed by atoms with Crippen molar-refractivity contribution < 1.29 is 4.79 Å². The molecule has 3 heteroatoms. The molecule has 0 saturated heterocycles. The molecule has 3 nitrogen and oxygen atoms in total. The standard InChI is InChI=1S/C19H30N2O/c1-14-11-15(2)19(16(3)12-14)20-18(22)13-21(4)17-9-7-5-6-8-10-17/h11-12,17H,5-10,13H2,1-4H3,(H,20,22). The molecule has 2 rings (SSSR count).